The fourth-order valence-corrected chi connectivity index (χ4v) is 3.43. The van der Waals surface area contributed by atoms with Gasteiger partial charge in [0.25, 0.3) is 0 Å². The van der Waals surface area contributed by atoms with Gasteiger partial charge in [-0.25, -0.2) is 9.97 Å². The van der Waals surface area contributed by atoms with Crippen molar-refractivity contribution < 1.29 is 4.42 Å². The van der Waals surface area contributed by atoms with Gasteiger partial charge in [-0.05, 0) is 50.1 Å². The second-order valence-corrected chi connectivity index (χ2v) is 6.28. The number of rotatable bonds is 2. The van der Waals surface area contributed by atoms with Crippen molar-refractivity contribution in [3.05, 3.63) is 65.3 Å². The van der Waals surface area contributed by atoms with Crippen molar-refractivity contribution in [3.8, 4) is 17.1 Å². The summed E-state index contributed by atoms with van der Waals surface area (Å²) in [4.78, 5) is 9.01. The maximum atomic E-state index is 5.57. The van der Waals surface area contributed by atoms with E-state index < -0.39 is 0 Å². The molecule has 4 heteroatoms. The molecule has 0 N–H and O–H groups in total. The summed E-state index contributed by atoms with van der Waals surface area (Å²) in [6.45, 7) is 8.27. The summed E-state index contributed by atoms with van der Waals surface area (Å²) in [7, 11) is 0. The van der Waals surface area contributed by atoms with Crippen LogP contribution >= 0.6 is 0 Å². The highest BCUT2D eigenvalue weighted by Crippen LogP contribution is 2.28. The lowest BCUT2D eigenvalue weighted by Gasteiger charge is -2.15. The van der Waals surface area contributed by atoms with Gasteiger partial charge in [0.2, 0.25) is 0 Å². The fourth-order valence-electron chi connectivity index (χ4n) is 3.43. The summed E-state index contributed by atoms with van der Waals surface area (Å²) in [5.74, 6) is 1.59. The first-order chi connectivity index (χ1) is 11.5. The van der Waals surface area contributed by atoms with Crippen LogP contribution in [0.3, 0.4) is 0 Å². The number of hydrogen-bond donors (Lipinski definition) is 0. The normalized spacial score (nSPS) is 11.3. The minimum absolute atomic E-state index is 0.677. The first kappa shape index (κ1) is 14.7. The van der Waals surface area contributed by atoms with E-state index in [-0.39, 0.29) is 0 Å². The highest BCUT2D eigenvalue weighted by Gasteiger charge is 2.14. The van der Waals surface area contributed by atoms with Crippen LogP contribution in [0.1, 0.15) is 22.6 Å². The number of oxazole rings is 1. The summed E-state index contributed by atoms with van der Waals surface area (Å²) < 4.78 is 7.72. The van der Waals surface area contributed by atoms with Crippen molar-refractivity contribution >= 4 is 11.1 Å². The molecule has 2 aromatic heterocycles. The van der Waals surface area contributed by atoms with Crippen LogP contribution in [0.5, 0.6) is 0 Å². The maximum absolute atomic E-state index is 5.57. The van der Waals surface area contributed by atoms with Crippen LogP contribution in [-0.4, -0.2) is 14.5 Å². The predicted octanol–water partition coefficient (Wildman–Crippen LogP) is 4.91. The standard InChI is InChI=1S/C20H19N3O/c1-12-9-13(2)19(14(3)10-12)23-8-7-21-20(23)16-5-6-18-17(11-16)22-15(4)24-18/h5-11H,1-4H3. The minimum Gasteiger partial charge on any atom is -0.441 e. The molecule has 2 heterocycles. The average Bonchev–Trinajstić information content (AvgIpc) is 3.10. The Morgan fingerprint density at radius 2 is 1.71 bits per heavy atom. The zero-order valence-corrected chi connectivity index (χ0v) is 14.3. The Kier molecular flexibility index (Phi) is 3.27. The van der Waals surface area contributed by atoms with Crippen LogP contribution in [0.2, 0.25) is 0 Å². The number of aromatic nitrogens is 3. The Morgan fingerprint density at radius 3 is 2.46 bits per heavy atom. The molecule has 0 aliphatic rings. The van der Waals surface area contributed by atoms with Gasteiger partial charge in [-0.3, -0.25) is 4.57 Å². The van der Waals surface area contributed by atoms with E-state index >= 15 is 0 Å². The molecule has 120 valence electrons. The molecule has 0 aliphatic heterocycles. The lowest BCUT2D eigenvalue weighted by atomic mass is 10.0. The smallest absolute Gasteiger partial charge is 0.192 e. The maximum Gasteiger partial charge on any atom is 0.192 e. The Morgan fingerprint density at radius 1 is 0.958 bits per heavy atom. The van der Waals surface area contributed by atoms with Crippen LogP contribution in [-0.2, 0) is 0 Å². The summed E-state index contributed by atoms with van der Waals surface area (Å²) in [5.41, 5.74) is 7.63. The van der Waals surface area contributed by atoms with Crippen LogP contribution in [0, 0.1) is 27.7 Å². The molecule has 4 rings (SSSR count). The predicted molar refractivity (Wildman–Crippen MR) is 95.5 cm³/mol. The Labute approximate surface area is 140 Å². The molecule has 0 aliphatic carbocycles. The number of nitrogens with zero attached hydrogens (tertiary/aromatic N) is 3. The van der Waals surface area contributed by atoms with Crippen molar-refractivity contribution in [1.82, 2.24) is 14.5 Å². The van der Waals surface area contributed by atoms with E-state index in [0.29, 0.717) is 5.89 Å². The molecule has 24 heavy (non-hydrogen) atoms. The van der Waals surface area contributed by atoms with Crippen LogP contribution in [0.15, 0.2) is 47.1 Å². The van der Waals surface area contributed by atoms with E-state index in [1.54, 1.807) is 0 Å². The molecule has 0 saturated carbocycles. The average molecular weight is 317 g/mol. The van der Waals surface area contributed by atoms with Crippen molar-refractivity contribution in [2.75, 3.05) is 0 Å². The Hall–Kier alpha value is -2.88. The van der Waals surface area contributed by atoms with Crippen LogP contribution < -0.4 is 0 Å². The Balaban J connectivity index is 1.91. The van der Waals surface area contributed by atoms with Crippen molar-refractivity contribution in [1.29, 1.82) is 0 Å². The molecule has 4 nitrogen and oxygen atoms in total. The SMILES string of the molecule is Cc1cc(C)c(-n2ccnc2-c2ccc3oc(C)nc3c2)c(C)c1. The van der Waals surface area contributed by atoms with E-state index in [9.17, 15) is 0 Å². The van der Waals surface area contributed by atoms with E-state index in [1.165, 1.54) is 22.4 Å². The van der Waals surface area contributed by atoms with Gasteiger partial charge >= 0.3 is 0 Å². The first-order valence-corrected chi connectivity index (χ1v) is 8.02. The molecule has 0 atom stereocenters. The fraction of sp³-hybridized carbons (Fsp3) is 0.200. The molecule has 0 amide bonds. The van der Waals surface area contributed by atoms with Crippen molar-refractivity contribution in [2.45, 2.75) is 27.7 Å². The molecular formula is C20H19N3O. The lowest BCUT2D eigenvalue weighted by Crippen LogP contribution is -2.02. The number of hydrogen-bond acceptors (Lipinski definition) is 3. The lowest BCUT2D eigenvalue weighted by molar-refractivity contribution is 0.561. The van der Waals surface area contributed by atoms with E-state index in [0.717, 1.165) is 22.5 Å². The van der Waals surface area contributed by atoms with E-state index in [1.807, 2.05) is 37.5 Å². The van der Waals surface area contributed by atoms with Gasteiger partial charge < -0.3 is 4.42 Å². The number of imidazole rings is 1. The van der Waals surface area contributed by atoms with Crippen molar-refractivity contribution in [3.63, 3.8) is 0 Å². The third kappa shape index (κ3) is 2.31. The van der Waals surface area contributed by atoms with Crippen LogP contribution in [0.25, 0.3) is 28.2 Å². The summed E-state index contributed by atoms with van der Waals surface area (Å²) in [5, 5.41) is 0. The van der Waals surface area contributed by atoms with Gasteiger partial charge in [0, 0.05) is 24.9 Å². The molecule has 2 aromatic carbocycles. The molecule has 0 fully saturated rings. The zero-order valence-electron chi connectivity index (χ0n) is 14.3. The topological polar surface area (TPSA) is 43.9 Å². The quantitative estimate of drug-likeness (QED) is 0.527. The molecule has 0 saturated heterocycles. The highest BCUT2D eigenvalue weighted by atomic mass is 16.3. The summed E-state index contributed by atoms with van der Waals surface area (Å²) in [6.07, 6.45) is 3.85. The van der Waals surface area contributed by atoms with E-state index in [4.69, 9.17) is 4.42 Å². The Bertz CT molecular complexity index is 1030. The second kappa shape index (κ2) is 5.34. The van der Waals surface area contributed by atoms with Gasteiger partial charge in [-0.15, -0.1) is 0 Å². The van der Waals surface area contributed by atoms with Gasteiger partial charge in [0.05, 0.1) is 5.69 Å². The molecule has 4 aromatic rings. The minimum atomic E-state index is 0.677. The molecule has 0 bridgehead atoms. The first-order valence-electron chi connectivity index (χ1n) is 8.02. The van der Waals surface area contributed by atoms with Gasteiger partial charge in [0.1, 0.15) is 11.3 Å². The number of aryl methyl sites for hydroxylation is 4. The van der Waals surface area contributed by atoms with Gasteiger partial charge in [-0.2, -0.15) is 0 Å². The van der Waals surface area contributed by atoms with E-state index in [2.05, 4.69) is 47.4 Å². The summed E-state index contributed by atoms with van der Waals surface area (Å²) >= 11 is 0. The molecule has 0 spiro atoms. The third-order valence-corrected chi connectivity index (χ3v) is 4.27. The van der Waals surface area contributed by atoms with Gasteiger partial charge in [0.15, 0.2) is 11.5 Å². The monoisotopic (exact) mass is 317 g/mol. The molecule has 0 unspecified atom stereocenters. The largest absolute Gasteiger partial charge is 0.441 e. The third-order valence-electron chi connectivity index (χ3n) is 4.27. The second-order valence-electron chi connectivity index (χ2n) is 6.28. The molecular weight excluding hydrogens is 298 g/mol. The molecule has 0 radical (unpaired) electrons. The van der Waals surface area contributed by atoms with Crippen molar-refractivity contribution in [2.24, 2.45) is 0 Å². The number of benzene rings is 2. The summed E-state index contributed by atoms with van der Waals surface area (Å²) in [6, 6.07) is 10.4. The highest BCUT2D eigenvalue weighted by molar-refractivity contribution is 5.79. The zero-order chi connectivity index (χ0) is 16.8. The van der Waals surface area contributed by atoms with Crippen LogP contribution in [0.4, 0.5) is 0 Å². The number of fused-ring (bicyclic) bond motifs is 1. The van der Waals surface area contributed by atoms with Gasteiger partial charge in [-0.1, -0.05) is 17.7 Å².